The second-order valence-corrected chi connectivity index (χ2v) is 7.71. The van der Waals surface area contributed by atoms with E-state index >= 15 is 0 Å². The van der Waals surface area contributed by atoms with E-state index in [-0.39, 0.29) is 5.41 Å². The fourth-order valence-electron chi connectivity index (χ4n) is 5.81. The van der Waals surface area contributed by atoms with Gasteiger partial charge in [0, 0.05) is 5.41 Å². The van der Waals surface area contributed by atoms with Crippen LogP contribution < -0.4 is 0 Å². The maximum absolute atomic E-state index is 6.11. The van der Waals surface area contributed by atoms with Crippen molar-refractivity contribution in [1.82, 2.24) is 0 Å². The van der Waals surface area contributed by atoms with E-state index in [2.05, 4.69) is 43.3 Å². The van der Waals surface area contributed by atoms with Gasteiger partial charge >= 0.3 is 0 Å². The number of fused-ring (bicyclic) bond motifs is 6. The van der Waals surface area contributed by atoms with E-state index in [0.717, 1.165) is 25.0 Å². The lowest BCUT2D eigenvalue weighted by molar-refractivity contribution is -0.215. The summed E-state index contributed by atoms with van der Waals surface area (Å²) in [5.41, 5.74) is 3.32. The average molecular weight is 296 g/mol. The van der Waals surface area contributed by atoms with Crippen LogP contribution in [0.1, 0.15) is 43.2 Å². The summed E-state index contributed by atoms with van der Waals surface area (Å²) in [4.78, 5) is 0. The van der Waals surface area contributed by atoms with Crippen molar-refractivity contribution in [3.8, 4) is 0 Å². The Balaban J connectivity index is 1.54. The van der Waals surface area contributed by atoms with E-state index in [1.807, 2.05) is 0 Å². The van der Waals surface area contributed by atoms with Crippen molar-refractivity contribution < 1.29 is 9.47 Å². The van der Waals surface area contributed by atoms with E-state index in [4.69, 9.17) is 9.47 Å². The largest absolute Gasteiger partial charge is 0.343 e. The van der Waals surface area contributed by atoms with E-state index in [9.17, 15) is 0 Å². The second-order valence-electron chi connectivity index (χ2n) is 7.71. The molecule has 0 N–H and O–H groups in total. The van der Waals surface area contributed by atoms with Gasteiger partial charge in [-0.05, 0) is 60.6 Å². The number of allylic oxidation sites excluding steroid dienone is 1. The number of benzene rings is 1. The maximum Gasteiger partial charge on any atom is 0.193 e. The van der Waals surface area contributed by atoms with Crippen LogP contribution in [-0.2, 0) is 15.9 Å². The summed E-state index contributed by atoms with van der Waals surface area (Å²) >= 11 is 0. The second kappa shape index (κ2) is 4.46. The summed E-state index contributed by atoms with van der Waals surface area (Å²) in [5.74, 6) is 1.64. The molecule has 0 aromatic heterocycles. The van der Waals surface area contributed by atoms with Crippen LogP contribution in [0.4, 0.5) is 0 Å². The zero-order valence-corrected chi connectivity index (χ0v) is 13.3. The molecule has 22 heavy (non-hydrogen) atoms. The molecule has 0 bridgehead atoms. The zero-order valence-electron chi connectivity index (χ0n) is 13.3. The van der Waals surface area contributed by atoms with Crippen molar-refractivity contribution in [2.75, 3.05) is 13.2 Å². The summed E-state index contributed by atoms with van der Waals surface area (Å²) in [6.45, 7) is 3.88. The summed E-state index contributed by atoms with van der Waals surface area (Å²) in [5, 5.41) is 0. The number of ether oxygens (including phenoxy) is 2. The van der Waals surface area contributed by atoms with Crippen molar-refractivity contribution >= 4 is 0 Å². The van der Waals surface area contributed by atoms with Crippen molar-refractivity contribution in [3.63, 3.8) is 0 Å². The van der Waals surface area contributed by atoms with Crippen LogP contribution in [-0.4, -0.2) is 19.0 Å². The molecule has 5 rings (SSSR count). The van der Waals surface area contributed by atoms with Crippen molar-refractivity contribution in [3.05, 3.63) is 47.5 Å². The minimum Gasteiger partial charge on any atom is -0.343 e. The van der Waals surface area contributed by atoms with Gasteiger partial charge in [0.2, 0.25) is 0 Å². The molecular weight excluding hydrogens is 272 g/mol. The third-order valence-corrected chi connectivity index (χ3v) is 6.93. The van der Waals surface area contributed by atoms with Gasteiger partial charge in [0.05, 0.1) is 13.2 Å². The quantitative estimate of drug-likeness (QED) is 0.672. The smallest absolute Gasteiger partial charge is 0.193 e. The Morgan fingerprint density at radius 3 is 2.77 bits per heavy atom. The van der Waals surface area contributed by atoms with Gasteiger partial charge in [-0.25, -0.2) is 0 Å². The van der Waals surface area contributed by atoms with Gasteiger partial charge in [0.1, 0.15) is 0 Å². The molecule has 2 heteroatoms. The first-order chi connectivity index (χ1) is 10.7. The van der Waals surface area contributed by atoms with Gasteiger partial charge in [-0.15, -0.1) is 0 Å². The number of rotatable bonds is 0. The molecule has 1 aliphatic heterocycles. The Morgan fingerprint density at radius 1 is 1.09 bits per heavy atom. The first-order valence-electron chi connectivity index (χ1n) is 8.79. The molecule has 116 valence electrons. The lowest BCUT2D eigenvalue weighted by Crippen LogP contribution is -2.52. The Hall–Kier alpha value is -1.12. The van der Waals surface area contributed by atoms with Crippen LogP contribution in [0.5, 0.6) is 0 Å². The molecule has 3 aliphatic carbocycles. The fourth-order valence-corrected chi connectivity index (χ4v) is 5.81. The van der Waals surface area contributed by atoms with Crippen LogP contribution in [0.2, 0.25) is 0 Å². The molecule has 1 saturated heterocycles. The molecule has 3 unspecified atom stereocenters. The molecule has 1 heterocycles. The predicted molar refractivity (Wildman–Crippen MR) is 85.6 cm³/mol. The highest BCUT2D eigenvalue weighted by atomic mass is 16.7. The number of hydrogen-bond acceptors (Lipinski definition) is 2. The number of hydrogen-bond donors (Lipinski definition) is 0. The normalized spacial score (nSPS) is 41.2. The standard InChI is InChI=1S/C20H24O2/c1-19-10-8-16-15-5-3-2-4-14(15)6-7-17(16)18(19)9-11-20(19)21-12-13-22-20/h2-5,9,11,16-18H,6-8,10,12-13H2,1H3/t16?,17?,18?,19-/m0/s1. The first kappa shape index (κ1) is 13.3. The van der Waals surface area contributed by atoms with Gasteiger partial charge in [-0.3, -0.25) is 0 Å². The third kappa shape index (κ3) is 1.53. The van der Waals surface area contributed by atoms with Crippen LogP contribution in [0.15, 0.2) is 36.4 Å². The van der Waals surface area contributed by atoms with Gasteiger partial charge in [-0.2, -0.15) is 0 Å². The Morgan fingerprint density at radius 2 is 1.91 bits per heavy atom. The highest BCUT2D eigenvalue weighted by molar-refractivity contribution is 5.36. The van der Waals surface area contributed by atoms with Gasteiger partial charge < -0.3 is 9.47 Å². The fraction of sp³-hybridized carbons (Fsp3) is 0.600. The highest BCUT2D eigenvalue weighted by Gasteiger charge is 2.62. The average Bonchev–Trinajstić information content (AvgIpc) is 3.14. The van der Waals surface area contributed by atoms with Crippen molar-refractivity contribution in [1.29, 1.82) is 0 Å². The molecule has 1 spiro atoms. The van der Waals surface area contributed by atoms with Crippen LogP contribution in [0.25, 0.3) is 0 Å². The topological polar surface area (TPSA) is 18.5 Å². The monoisotopic (exact) mass is 296 g/mol. The van der Waals surface area contributed by atoms with Gasteiger partial charge in [-0.1, -0.05) is 37.3 Å². The maximum atomic E-state index is 6.11. The Kier molecular flexibility index (Phi) is 2.70. The predicted octanol–water partition coefficient (Wildman–Crippen LogP) is 4.06. The highest BCUT2D eigenvalue weighted by Crippen LogP contribution is 2.63. The van der Waals surface area contributed by atoms with Gasteiger partial charge in [0.15, 0.2) is 5.79 Å². The Bertz CT molecular complexity index is 628. The van der Waals surface area contributed by atoms with E-state index in [1.165, 1.54) is 25.7 Å². The lowest BCUT2D eigenvalue weighted by atomic mass is 9.54. The summed E-state index contributed by atoms with van der Waals surface area (Å²) in [6, 6.07) is 9.10. The number of aryl methyl sites for hydroxylation is 1. The molecule has 1 aromatic carbocycles. The van der Waals surface area contributed by atoms with E-state index < -0.39 is 5.79 Å². The lowest BCUT2D eigenvalue weighted by Gasteiger charge is -2.52. The molecule has 0 radical (unpaired) electrons. The van der Waals surface area contributed by atoms with Crippen LogP contribution >= 0.6 is 0 Å². The van der Waals surface area contributed by atoms with Crippen molar-refractivity contribution in [2.45, 2.75) is 44.3 Å². The molecule has 1 saturated carbocycles. The van der Waals surface area contributed by atoms with Crippen molar-refractivity contribution in [2.24, 2.45) is 17.3 Å². The summed E-state index contributed by atoms with van der Waals surface area (Å²) < 4.78 is 12.2. The molecule has 2 nitrogen and oxygen atoms in total. The SMILES string of the molecule is C[C@]12CCC3c4ccccc4CCC3C1C=CC21OCCO1. The molecule has 4 aliphatic rings. The summed E-state index contributed by atoms with van der Waals surface area (Å²) in [6.07, 6.45) is 9.67. The zero-order chi connectivity index (χ0) is 14.8. The first-order valence-corrected chi connectivity index (χ1v) is 8.79. The van der Waals surface area contributed by atoms with E-state index in [1.54, 1.807) is 11.1 Å². The van der Waals surface area contributed by atoms with Gasteiger partial charge in [0.25, 0.3) is 0 Å². The van der Waals surface area contributed by atoms with E-state index in [0.29, 0.717) is 5.92 Å². The Labute approximate surface area is 132 Å². The van der Waals surface area contributed by atoms with Crippen LogP contribution in [0.3, 0.4) is 0 Å². The molecule has 4 atom stereocenters. The molecular formula is C20H24O2. The minimum atomic E-state index is -0.431. The minimum absolute atomic E-state index is 0.122. The third-order valence-electron chi connectivity index (χ3n) is 6.93. The summed E-state index contributed by atoms with van der Waals surface area (Å²) in [7, 11) is 0. The molecule has 2 fully saturated rings. The molecule has 1 aromatic rings. The molecule has 0 amide bonds. The van der Waals surface area contributed by atoms with Crippen LogP contribution in [0, 0.1) is 17.3 Å².